The molecule has 36 heavy (non-hydrogen) atoms. The first-order chi connectivity index (χ1) is 17.8. The molecule has 0 N–H and O–H groups in total. The fourth-order valence-electron chi connectivity index (χ4n) is 4.87. The lowest BCUT2D eigenvalue weighted by atomic mass is 10.2. The van der Waals surface area contributed by atoms with Crippen molar-refractivity contribution in [2.24, 2.45) is 0 Å². The lowest BCUT2D eigenvalue weighted by molar-refractivity contribution is 1.04. The van der Waals surface area contributed by atoms with E-state index in [0.717, 1.165) is 21.9 Å². The Morgan fingerprint density at radius 2 is 1.14 bits per heavy atom. The van der Waals surface area contributed by atoms with Crippen molar-refractivity contribution in [1.29, 1.82) is 0 Å². The lowest BCUT2D eigenvalue weighted by Gasteiger charge is -2.27. The first-order valence-electron chi connectivity index (χ1n) is 11.9. The summed E-state index contributed by atoms with van der Waals surface area (Å²) < 4.78 is 1.73. The number of fused-ring (bicyclic) bond motifs is 1. The Hall–Kier alpha value is -3.85. The SMILES string of the molecule is O=c1cc(C[P+](c2ccccc2)(c2ccccc2)c2ccccc2)nc2scc(-c3ccccc3)n12. The minimum Gasteiger partial charge on any atom is -0.269 e. The van der Waals surface area contributed by atoms with Gasteiger partial charge in [-0.25, -0.2) is 4.98 Å². The molecule has 2 heterocycles. The molecule has 2 aromatic heterocycles. The zero-order valence-electron chi connectivity index (χ0n) is 19.6. The van der Waals surface area contributed by atoms with Crippen molar-refractivity contribution in [3.8, 4) is 11.3 Å². The highest BCUT2D eigenvalue weighted by Crippen LogP contribution is 2.57. The van der Waals surface area contributed by atoms with Crippen LogP contribution in [-0.2, 0) is 6.16 Å². The first-order valence-corrected chi connectivity index (χ1v) is 14.7. The summed E-state index contributed by atoms with van der Waals surface area (Å²) in [5.41, 5.74) is 2.68. The molecule has 3 nitrogen and oxygen atoms in total. The Labute approximate surface area is 214 Å². The van der Waals surface area contributed by atoms with Crippen LogP contribution >= 0.6 is 18.6 Å². The maximum absolute atomic E-state index is 13.5. The number of rotatable bonds is 6. The van der Waals surface area contributed by atoms with Crippen LogP contribution in [0.2, 0.25) is 0 Å². The van der Waals surface area contributed by atoms with Gasteiger partial charge in [-0.1, -0.05) is 84.9 Å². The van der Waals surface area contributed by atoms with Gasteiger partial charge < -0.3 is 0 Å². The van der Waals surface area contributed by atoms with E-state index in [-0.39, 0.29) is 5.56 Å². The standard InChI is InChI=1S/C31H24N2OPS/c34-30-21-25(32-31-33(30)29(23-36-31)24-13-5-1-6-14-24)22-35(26-15-7-2-8-16-26,27-17-9-3-10-18-27)28-19-11-4-12-20-28/h1-21,23H,22H2/q+1. The Morgan fingerprint density at radius 3 is 1.64 bits per heavy atom. The largest absolute Gasteiger partial charge is 0.269 e. The maximum Gasteiger partial charge on any atom is 0.259 e. The second kappa shape index (κ2) is 9.66. The quantitative estimate of drug-likeness (QED) is 0.265. The van der Waals surface area contributed by atoms with Gasteiger partial charge in [0.1, 0.15) is 29.3 Å². The van der Waals surface area contributed by atoms with E-state index in [9.17, 15) is 4.79 Å². The Balaban J connectivity index is 1.56. The molecule has 0 saturated carbocycles. The zero-order chi connectivity index (χ0) is 24.4. The molecule has 174 valence electrons. The highest BCUT2D eigenvalue weighted by atomic mass is 32.1. The van der Waals surface area contributed by atoms with E-state index in [1.807, 2.05) is 35.7 Å². The van der Waals surface area contributed by atoms with Crippen molar-refractivity contribution in [1.82, 2.24) is 9.38 Å². The summed E-state index contributed by atoms with van der Waals surface area (Å²) in [4.78, 5) is 19.3. The summed E-state index contributed by atoms with van der Waals surface area (Å²) >= 11 is 1.51. The van der Waals surface area contributed by atoms with Gasteiger partial charge >= 0.3 is 0 Å². The van der Waals surface area contributed by atoms with Crippen molar-refractivity contribution >= 4 is 39.5 Å². The topological polar surface area (TPSA) is 34.4 Å². The average Bonchev–Trinajstić information content (AvgIpc) is 3.38. The number of nitrogens with zero attached hydrogens (tertiary/aromatic N) is 2. The van der Waals surface area contributed by atoms with Crippen LogP contribution in [-0.4, -0.2) is 9.38 Å². The summed E-state index contributed by atoms with van der Waals surface area (Å²) in [5.74, 6) is 0. The van der Waals surface area contributed by atoms with Crippen LogP contribution < -0.4 is 21.5 Å². The monoisotopic (exact) mass is 503 g/mol. The van der Waals surface area contributed by atoms with Crippen LogP contribution in [0.4, 0.5) is 0 Å². The van der Waals surface area contributed by atoms with E-state index in [0.29, 0.717) is 6.16 Å². The van der Waals surface area contributed by atoms with Crippen molar-refractivity contribution in [2.45, 2.75) is 6.16 Å². The van der Waals surface area contributed by atoms with Crippen molar-refractivity contribution in [2.75, 3.05) is 0 Å². The molecule has 5 heteroatoms. The van der Waals surface area contributed by atoms with Gasteiger partial charge in [0.05, 0.1) is 11.4 Å². The fraction of sp³-hybridized carbons (Fsp3) is 0.0323. The normalized spacial score (nSPS) is 11.6. The van der Waals surface area contributed by atoms with E-state index in [2.05, 4.69) is 91.0 Å². The Bertz CT molecular complexity index is 1570. The molecule has 0 spiro atoms. The van der Waals surface area contributed by atoms with Gasteiger partial charge in [-0.15, -0.1) is 11.3 Å². The highest BCUT2D eigenvalue weighted by molar-refractivity contribution is 7.95. The van der Waals surface area contributed by atoms with Gasteiger partial charge in [0.25, 0.3) is 5.56 Å². The number of thiazole rings is 1. The molecular weight excluding hydrogens is 479 g/mol. The molecule has 0 fully saturated rings. The summed E-state index contributed by atoms with van der Waals surface area (Å²) in [6, 6.07) is 43.9. The highest BCUT2D eigenvalue weighted by Gasteiger charge is 2.46. The molecule has 4 aromatic carbocycles. The summed E-state index contributed by atoms with van der Waals surface area (Å²) in [6.45, 7) is 0. The molecular formula is C31H24N2OPS+. The zero-order valence-corrected chi connectivity index (χ0v) is 21.3. The molecule has 0 aliphatic rings. The number of benzene rings is 4. The van der Waals surface area contributed by atoms with Crippen molar-refractivity contribution < 1.29 is 0 Å². The molecule has 6 aromatic rings. The summed E-state index contributed by atoms with van der Waals surface area (Å²) in [7, 11) is -2.13. The number of hydrogen-bond acceptors (Lipinski definition) is 3. The maximum atomic E-state index is 13.5. The van der Waals surface area contributed by atoms with E-state index in [1.54, 1.807) is 10.5 Å². The Morgan fingerprint density at radius 1 is 0.667 bits per heavy atom. The van der Waals surface area contributed by atoms with E-state index in [4.69, 9.17) is 4.98 Å². The third kappa shape index (κ3) is 3.99. The van der Waals surface area contributed by atoms with Gasteiger partial charge in [-0.3, -0.25) is 9.20 Å². The summed E-state index contributed by atoms with van der Waals surface area (Å²) in [6.07, 6.45) is 0.676. The van der Waals surface area contributed by atoms with Gasteiger partial charge in [-0.05, 0) is 42.0 Å². The van der Waals surface area contributed by atoms with Crippen LogP contribution in [0.5, 0.6) is 0 Å². The van der Waals surface area contributed by atoms with E-state index >= 15 is 0 Å². The third-order valence-electron chi connectivity index (χ3n) is 6.52. The smallest absolute Gasteiger partial charge is 0.259 e. The van der Waals surface area contributed by atoms with Crippen LogP contribution in [0.15, 0.2) is 138 Å². The Kier molecular flexibility index (Phi) is 6.06. The minimum absolute atomic E-state index is 0.0395. The van der Waals surface area contributed by atoms with E-state index < -0.39 is 7.26 Å². The third-order valence-corrected chi connectivity index (χ3v) is 11.7. The minimum atomic E-state index is -2.13. The van der Waals surface area contributed by atoms with Gasteiger partial charge in [-0.2, -0.15) is 0 Å². The van der Waals surface area contributed by atoms with E-state index in [1.165, 1.54) is 27.3 Å². The number of hydrogen-bond donors (Lipinski definition) is 0. The molecule has 6 rings (SSSR count). The van der Waals surface area contributed by atoms with Gasteiger partial charge in [0.2, 0.25) is 0 Å². The lowest BCUT2D eigenvalue weighted by Crippen LogP contribution is -2.33. The molecule has 0 aliphatic heterocycles. The number of aromatic nitrogens is 2. The van der Waals surface area contributed by atoms with Crippen LogP contribution in [0.1, 0.15) is 5.69 Å². The van der Waals surface area contributed by atoms with Crippen molar-refractivity contribution in [3.63, 3.8) is 0 Å². The molecule has 0 bridgehead atoms. The summed E-state index contributed by atoms with van der Waals surface area (Å²) in [5, 5.41) is 5.86. The first kappa shape index (κ1) is 22.6. The molecule has 0 atom stereocenters. The predicted octanol–water partition coefficient (Wildman–Crippen LogP) is 5.92. The van der Waals surface area contributed by atoms with Crippen LogP contribution in [0.3, 0.4) is 0 Å². The second-order valence-corrected chi connectivity index (χ2v) is 13.0. The van der Waals surface area contributed by atoms with Gasteiger partial charge in [0.15, 0.2) is 4.96 Å². The van der Waals surface area contributed by atoms with Crippen molar-refractivity contribution in [3.05, 3.63) is 149 Å². The van der Waals surface area contributed by atoms with Crippen LogP contribution in [0, 0.1) is 0 Å². The molecule has 0 unspecified atom stereocenters. The second-order valence-electron chi connectivity index (χ2n) is 8.67. The van der Waals surface area contributed by atoms with Crippen LogP contribution in [0.25, 0.3) is 16.2 Å². The molecule has 0 radical (unpaired) electrons. The molecule has 0 saturated heterocycles. The predicted molar refractivity (Wildman–Crippen MR) is 154 cm³/mol. The average molecular weight is 504 g/mol. The van der Waals surface area contributed by atoms with Gasteiger partial charge in [0, 0.05) is 11.4 Å². The molecule has 0 aliphatic carbocycles. The fourth-order valence-corrected chi connectivity index (χ4v) is 9.92. The molecule has 0 amide bonds.